The number of Topliss-reactive ketones (excluding diaryl/α,β-unsaturated/α-hetero) is 2. The Morgan fingerprint density at radius 2 is 1.11 bits per heavy atom. The van der Waals surface area contributed by atoms with Crippen molar-refractivity contribution in [2.75, 3.05) is 0 Å². The zero-order chi connectivity index (χ0) is 12.7. The maximum atomic E-state index is 11.3. The molecular weight excluding hydrogens is 310 g/mol. The number of carbonyl (C=O) groups excluding carboxylic acids is 2. The van der Waals surface area contributed by atoms with E-state index in [1.807, 2.05) is 0 Å². The van der Waals surface area contributed by atoms with Crippen LogP contribution >= 0.6 is 0 Å². The molecular formula is C6H10Na2O8S2. The second kappa shape index (κ2) is 7.25. The fraction of sp³-hybridized carbons (Fsp3) is 0.667. The molecule has 2 unspecified atom stereocenters. The number of carbonyl (C=O) groups is 2. The van der Waals surface area contributed by atoms with Crippen LogP contribution in [-0.2, 0) is 29.8 Å². The molecule has 18 heavy (non-hydrogen) atoms. The van der Waals surface area contributed by atoms with Crippen molar-refractivity contribution >= 4 is 90.9 Å². The fourth-order valence-corrected chi connectivity index (χ4v) is 3.20. The van der Waals surface area contributed by atoms with E-state index in [0.29, 0.717) is 0 Å². The van der Waals surface area contributed by atoms with Crippen LogP contribution in [0.2, 0.25) is 0 Å². The van der Waals surface area contributed by atoms with Gasteiger partial charge < -0.3 is 0 Å². The average Bonchev–Trinajstić information content (AvgIpc) is 2.04. The Labute approximate surface area is 148 Å². The molecule has 0 radical (unpaired) electrons. The zero-order valence-corrected chi connectivity index (χ0v) is 9.36. The summed E-state index contributed by atoms with van der Waals surface area (Å²) in [5.41, 5.74) is 0. The van der Waals surface area contributed by atoms with E-state index < -0.39 is 55.1 Å². The van der Waals surface area contributed by atoms with Gasteiger partial charge in [-0.25, -0.2) is 0 Å². The van der Waals surface area contributed by atoms with E-state index in [1.54, 1.807) is 0 Å². The van der Waals surface area contributed by atoms with E-state index in [1.165, 1.54) is 0 Å². The van der Waals surface area contributed by atoms with Crippen molar-refractivity contribution in [1.82, 2.24) is 0 Å². The van der Waals surface area contributed by atoms with E-state index in [9.17, 15) is 26.4 Å². The number of ketones is 2. The summed E-state index contributed by atoms with van der Waals surface area (Å²) in [4.78, 5) is 22.4. The van der Waals surface area contributed by atoms with E-state index >= 15 is 0 Å². The zero-order valence-electron chi connectivity index (χ0n) is 7.73. The van der Waals surface area contributed by atoms with Crippen LogP contribution in [0.1, 0.15) is 12.8 Å². The van der Waals surface area contributed by atoms with Crippen molar-refractivity contribution in [3.63, 3.8) is 0 Å². The minimum absolute atomic E-state index is 0. The first-order valence-electron chi connectivity index (χ1n) is 4.01. The molecule has 1 aliphatic carbocycles. The molecule has 1 aliphatic rings. The molecule has 0 aromatic carbocycles. The third-order valence-electron chi connectivity index (χ3n) is 2.18. The van der Waals surface area contributed by atoms with Gasteiger partial charge >= 0.3 is 59.1 Å². The predicted molar refractivity (Wildman–Crippen MR) is 64.2 cm³/mol. The monoisotopic (exact) mass is 320 g/mol. The van der Waals surface area contributed by atoms with Gasteiger partial charge in [0.2, 0.25) is 0 Å². The quantitative estimate of drug-likeness (QED) is 0.408. The van der Waals surface area contributed by atoms with E-state index in [4.69, 9.17) is 9.11 Å². The van der Waals surface area contributed by atoms with Crippen LogP contribution in [0.4, 0.5) is 0 Å². The first-order chi connectivity index (χ1) is 7.03. The van der Waals surface area contributed by atoms with Crippen molar-refractivity contribution in [3.8, 4) is 0 Å². The SMILES string of the molecule is O=C1CC(S(=O)(=O)O)C(=O)C(S(=O)(=O)O)C1.[NaH].[NaH]. The van der Waals surface area contributed by atoms with Crippen LogP contribution in [0.15, 0.2) is 0 Å². The molecule has 1 fully saturated rings. The molecule has 12 heteroatoms. The molecule has 0 aromatic rings. The van der Waals surface area contributed by atoms with Crippen LogP contribution in [0, 0.1) is 0 Å². The second-order valence-electron chi connectivity index (χ2n) is 3.36. The van der Waals surface area contributed by atoms with Crippen molar-refractivity contribution in [1.29, 1.82) is 0 Å². The Hall–Kier alpha value is 1.16. The molecule has 8 nitrogen and oxygen atoms in total. The van der Waals surface area contributed by atoms with Crippen LogP contribution < -0.4 is 0 Å². The molecule has 0 saturated heterocycles. The Morgan fingerprint density at radius 1 is 0.833 bits per heavy atom. The molecule has 0 aromatic heterocycles. The molecule has 1 saturated carbocycles. The molecule has 2 atom stereocenters. The van der Waals surface area contributed by atoms with Gasteiger partial charge in [-0.05, 0) is 0 Å². The third-order valence-corrected chi connectivity index (χ3v) is 4.42. The molecule has 0 bridgehead atoms. The number of hydrogen-bond donors (Lipinski definition) is 2. The summed E-state index contributed by atoms with van der Waals surface area (Å²) in [6.45, 7) is 0. The predicted octanol–water partition coefficient (Wildman–Crippen LogP) is -2.87. The van der Waals surface area contributed by atoms with Gasteiger partial charge in [0.15, 0.2) is 16.3 Å². The molecule has 0 spiro atoms. The molecule has 96 valence electrons. The van der Waals surface area contributed by atoms with Crippen LogP contribution in [0.25, 0.3) is 0 Å². The minimum atomic E-state index is -4.85. The van der Waals surface area contributed by atoms with Gasteiger partial charge in [-0.15, -0.1) is 0 Å². The van der Waals surface area contributed by atoms with E-state index in [-0.39, 0.29) is 59.1 Å². The van der Waals surface area contributed by atoms with E-state index in [2.05, 4.69) is 0 Å². The maximum absolute atomic E-state index is 11.3. The Balaban J connectivity index is 0. The topological polar surface area (TPSA) is 143 Å². The van der Waals surface area contributed by atoms with Crippen LogP contribution in [-0.4, -0.2) is 107 Å². The molecule has 0 aliphatic heterocycles. The fourth-order valence-electron chi connectivity index (χ4n) is 1.41. The van der Waals surface area contributed by atoms with Gasteiger partial charge in [0, 0.05) is 12.8 Å². The molecule has 0 heterocycles. The van der Waals surface area contributed by atoms with Crippen molar-refractivity contribution in [2.24, 2.45) is 0 Å². The van der Waals surface area contributed by atoms with Gasteiger partial charge in [-0.2, -0.15) is 16.8 Å². The summed E-state index contributed by atoms with van der Waals surface area (Å²) < 4.78 is 60.2. The summed E-state index contributed by atoms with van der Waals surface area (Å²) >= 11 is 0. The summed E-state index contributed by atoms with van der Waals surface area (Å²) in [5.74, 6) is -2.21. The second-order valence-corrected chi connectivity index (χ2v) is 6.55. The normalized spacial score (nSPS) is 25.0. The molecule has 1 rings (SSSR count). The summed E-state index contributed by atoms with van der Waals surface area (Å²) in [6.07, 6.45) is -1.55. The van der Waals surface area contributed by atoms with Gasteiger partial charge in [0.05, 0.1) is 0 Å². The van der Waals surface area contributed by atoms with Crippen molar-refractivity contribution in [2.45, 2.75) is 23.3 Å². The van der Waals surface area contributed by atoms with E-state index in [0.717, 1.165) is 0 Å². The summed E-state index contributed by atoms with van der Waals surface area (Å²) in [6, 6.07) is 0. The summed E-state index contributed by atoms with van der Waals surface area (Å²) in [7, 11) is -9.69. The summed E-state index contributed by atoms with van der Waals surface area (Å²) in [5, 5.41) is -4.22. The van der Waals surface area contributed by atoms with Gasteiger partial charge in [0.25, 0.3) is 20.2 Å². The van der Waals surface area contributed by atoms with Crippen molar-refractivity contribution in [3.05, 3.63) is 0 Å². The van der Waals surface area contributed by atoms with Crippen LogP contribution in [0.3, 0.4) is 0 Å². The number of hydrogen-bond acceptors (Lipinski definition) is 6. The van der Waals surface area contributed by atoms with Gasteiger partial charge in [-0.1, -0.05) is 0 Å². The Kier molecular flexibility index (Phi) is 8.64. The number of rotatable bonds is 2. The first kappa shape index (κ1) is 21.5. The standard InChI is InChI=1S/C6H8O8S2.2Na.2H/c7-3-1-4(15(9,10)11)6(8)5(2-3)16(12,13)14;;;;/h4-5H,1-2H2,(H,9,10,11)(H,12,13,14);;;;. The van der Waals surface area contributed by atoms with Crippen LogP contribution in [0.5, 0.6) is 0 Å². The average molecular weight is 320 g/mol. The molecule has 0 amide bonds. The Morgan fingerprint density at radius 3 is 1.33 bits per heavy atom. The van der Waals surface area contributed by atoms with Gasteiger partial charge in [-0.3, -0.25) is 18.7 Å². The Bertz CT molecular complexity index is 490. The van der Waals surface area contributed by atoms with Crippen molar-refractivity contribution < 1.29 is 35.5 Å². The molecule has 2 N–H and O–H groups in total. The third kappa shape index (κ3) is 5.27. The first-order valence-corrected chi connectivity index (χ1v) is 7.02. The van der Waals surface area contributed by atoms with Gasteiger partial charge in [0.1, 0.15) is 5.78 Å².